The molecule has 6 rings (SSSR count). The van der Waals surface area contributed by atoms with Gasteiger partial charge in [0, 0.05) is 30.2 Å². The molecule has 64 heavy (non-hydrogen) atoms. The number of carbonyl (C=O) groups is 6. The number of amides is 6. The van der Waals surface area contributed by atoms with Crippen LogP contribution in [0.2, 0.25) is 0 Å². The standard InChI is InChI=1S/C49H63N7O8/c1-29(2)32-17-23-37(24-18-32)56-38(33-13-19-35(20-14-33)50-44(57)40-11-9-27-54(40)46(59)42(30(3)4)52-48(61)63-7)25-26-39(56)34-15-21-36(22-16-34)51-45(58)41-12-10-28-55(41)47(60)43(31(5)6)53-49(62)64-8/h11,13-24,29-31,38-39,41-43H,9-10,12,25-28H2,1-8H3,(H,50,57)(H,51,58)(H,52,61)(H,53,62)/t38-,39-,41-,42-,43-/m0/s1. The molecule has 3 aliphatic rings. The van der Waals surface area contributed by atoms with E-state index >= 15 is 0 Å². The van der Waals surface area contributed by atoms with E-state index in [4.69, 9.17) is 9.47 Å². The largest absolute Gasteiger partial charge is 0.453 e. The smallest absolute Gasteiger partial charge is 0.407 e. The zero-order valence-electron chi connectivity index (χ0n) is 38.2. The van der Waals surface area contributed by atoms with Gasteiger partial charge in [0.25, 0.3) is 5.91 Å². The average Bonchev–Trinajstić information content (AvgIpc) is 4.08. The van der Waals surface area contributed by atoms with Crippen LogP contribution >= 0.6 is 0 Å². The molecule has 0 aromatic heterocycles. The summed E-state index contributed by atoms with van der Waals surface area (Å²) in [6.07, 6.45) is 3.79. The number of benzene rings is 3. The molecule has 342 valence electrons. The van der Waals surface area contributed by atoms with Crippen LogP contribution in [0, 0.1) is 11.8 Å². The van der Waals surface area contributed by atoms with E-state index in [0.29, 0.717) is 49.6 Å². The number of likely N-dealkylation sites (tertiary alicyclic amines) is 1. The third kappa shape index (κ3) is 10.7. The summed E-state index contributed by atoms with van der Waals surface area (Å²) >= 11 is 0. The van der Waals surface area contributed by atoms with Crippen LogP contribution in [0.25, 0.3) is 0 Å². The Morgan fingerprint density at radius 3 is 1.64 bits per heavy atom. The van der Waals surface area contributed by atoms with E-state index in [1.807, 2.05) is 76.2 Å². The number of methoxy groups -OCH3 is 2. The molecule has 3 aromatic rings. The Hall–Kier alpha value is -6.38. The Bertz CT molecular complexity index is 2190. The van der Waals surface area contributed by atoms with E-state index in [-0.39, 0.29) is 47.3 Å². The van der Waals surface area contributed by atoms with Crippen molar-refractivity contribution in [1.29, 1.82) is 0 Å². The van der Waals surface area contributed by atoms with Gasteiger partial charge in [0.15, 0.2) is 0 Å². The quantitative estimate of drug-likeness (QED) is 0.127. The van der Waals surface area contributed by atoms with Gasteiger partial charge in [0.2, 0.25) is 17.7 Å². The minimum absolute atomic E-state index is 0.0224. The lowest BCUT2D eigenvalue weighted by Gasteiger charge is -2.34. The number of ether oxygens (including phenoxy) is 2. The van der Waals surface area contributed by atoms with Crippen molar-refractivity contribution < 1.29 is 38.2 Å². The first-order valence-electron chi connectivity index (χ1n) is 22.3. The van der Waals surface area contributed by atoms with Crippen molar-refractivity contribution in [3.63, 3.8) is 0 Å². The summed E-state index contributed by atoms with van der Waals surface area (Å²) in [5, 5.41) is 11.2. The van der Waals surface area contributed by atoms with Crippen molar-refractivity contribution in [2.75, 3.05) is 42.8 Å². The highest BCUT2D eigenvalue weighted by Gasteiger charge is 2.40. The Morgan fingerprint density at radius 2 is 1.14 bits per heavy atom. The summed E-state index contributed by atoms with van der Waals surface area (Å²) in [4.78, 5) is 83.7. The van der Waals surface area contributed by atoms with Gasteiger partial charge in [-0.2, -0.15) is 0 Å². The molecule has 0 saturated carbocycles. The number of nitrogens with zero attached hydrogens (tertiary/aromatic N) is 3. The lowest BCUT2D eigenvalue weighted by Crippen LogP contribution is -2.54. The van der Waals surface area contributed by atoms with Gasteiger partial charge in [0.1, 0.15) is 23.8 Å². The molecule has 5 atom stereocenters. The molecule has 0 radical (unpaired) electrons. The molecule has 4 N–H and O–H groups in total. The molecule has 15 nitrogen and oxygen atoms in total. The fourth-order valence-corrected chi connectivity index (χ4v) is 8.91. The summed E-state index contributed by atoms with van der Waals surface area (Å²) in [6, 6.07) is 22.2. The average molecular weight is 878 g/mol. The number of hydrogen-bond acceptors (Lipinski definition) is 9. The maximum Gasteiger partial charge on any atom is 0.407 e. The normalized spacial score (nSPS) is 19.3. The molecule has 2 saturated heterocycles. The van der Waals surface area contributed by atoms with Crippen molar-refractivity contribution in [2.24, 2.45) is 11.8 Å². The highest BCUT2D eigenvalue weighted by molar-refractivity contribution is 6.07. The minimum Gasteiger partial charge on any atom is -0.453 e. The SMILES string of the molecule is COC(=O)N[C@H](C(=O)N1CCC=C1C(=O)Nc1ccc([C@@H]2CC[C@@H](c3ccc(NC(=O)[C@@H]4CCCN4C(=O)[C@@H](NC(=O)OC)C(C)C)cc3)N2c2ccc(C(C)C)cc2)cc1)C(C)C. The monoisotopic (exact) mass is 877 g/mol. The Balaban J connectivity index is 1.16. The number of carbonyl (C=O) groups excluding carboxylic acids is 6. The molecule has 0 bridgehead atoms. The predicted molar refractivity (Wildman–Crippen MR) is 245 cm³/mol. The van der Waals surface area contributed by atoms with E-state index < -0.39 is 36.2 Å². The molecule has 0 spiro atoms. The van der Waals surface area contributed by atoms with Crippen molar-refractivity contribution in [3.05, 3.63) is 101 Å². The zero-order valence-corrected chi connectivity index (χ0v) is 38.2. The topological polar surface area (TPSA) is 179 Å². The first kappa shape index (κ1) is 47.1. The Morgan fingerprint density at radius 1 is 0.625 bits per heavy atom. The van der Waals surface area contributed by atoms with Crippen LogP contribution in [-0.4, -0.2) is 91.0 Å². The molecule has 15 heteroatoms. The predicted octanol–water partition coefficient (Wildman–Crippen LogP) is 7.64. The first-order chi connectivity index (χ1) is 30.6. The highest BCUT2D eigenvalue weighted by Crippen LogP contribution is 2.47. The lowest BCUT2D eigenvalue weighted by molar-refractivity contribution is -0.139. The summed E-state index contributed by atoms with van der Waals surface area (Å²) in [5.74, 6) is -1.41. The summed E-state index contributed by atoms with van der Waals surface area (Å²) < 4.78 is 9.46. The summed E-state index contributed by atoms with van der Waals surface area (Å²) in [5.41, 5.74) is 5.96. The molecule has 2 fully saturated rings. The van der Waals surface area contributed by atoms with E-state index in [1.54, 1.807) is 11.0 Å². The van der Waals surface area contributed by atoms with Crippen LogP contribution in [-0.2, 0) is 28.7 Å². The first-order valence-corrected chi connectivity index (χ1v) is 22.3. The maximum absolute atomic E-state index is 13.6. The molecule has 3 aromatic carbocycles. The fourth-order valence-electron chi connectivity index (χ4n) is 8.91. The third-order valence-electron chi connectivity index (χ3n) is 12.5. The van der Waals surface area contributed by atoms with Crippen LogP contribution < -0.4 is 26.2 Å². The van der Waals surface area contributed by atoms with Gasteiger partial charge < -0.3 is 45.4 Å². The van der Waals surface area contributed by atoms with Crippen LogP contribution in [0.15, 0.2) is 84.6 Å². The van der Waals surface area contributed by atoms with Gasteiger partial charge in [-0.05, 0) is 103 Å². The van der Waals surface area contributed by atoms with Gasteiger partial charge in [-0.15, -0.1) is 0 Å². The molecule has 6 amide bonds. The minimum atomic E-state index is -0.853. The zero-order chi connectivity index (χ0) is 46.2. The van der Waals surface area contributed by atoms with E-state index in [1.165, 1.54) is 24.7 Å². The molecule has 0 aliphatic carbocycles. The molecule has 0 unspecified atom stereocenters. The lowest BCUT2D eigenvalue weighted by atomic mass is 10.0. The molecule has 3 heterocycles. The maximum atomic E-state index is 13.6. The number of alkyl carbamates (subject to hydrolysis) is 2. The second kappa shape index (κ2) is 20.9. The second-order valence-electron chi connectivity index (χ2n) is 17.7. The molecular weight excluding hydrogens is 815 g/mol. The molecule has 3 aliphatic heterocycles. The Kier molecular flexibility index (Phi) is 15.4. The van der Waals surface area contributed by atoms with Gasteiger partial charge >= 0.3 is 12.2 Å². The summed E-state index contributed by atoms with van der Waals surface area (Å²) in [7, 11) is 2.49. The van der Waals surface area contributed by atoms with Gasteiger partial charge in [-0.3, -0.25) is 19.2 Å². The van der Waals surface area contributed by atoms with Crippen molar-refractivity contribution in [3.8, 4) is 0 Å². The van der Waals surface area contributed by atoms with Crippen LogP contribution in [0.1, 0.15) is 108 Å². The van der Waals surface area contributed by atoms with Crippen molar-refractivity contribution >= 4 is 52.9 Å². The van der Waals surface area contributed by atoms with Crippen LogP contribution in [0.4, 0.5) is 26.7 Å². The number of nitrogens with one attached hydrogen (secondary N) is 4. The second-order valence-corrected chi connectivity index (χ2v) is 17.7. The van der Waals surface area contributed by atoms with E-state index in [2.05, 4.69) is 64.3 Å². The van der Waals surface area contributed by atoms with Crippen molar-refractivity contribution in [2.45, 2.75) is 110 Å². The molecular formula is C49H63N7O8. The van der Waals surface area contributed by atoms with Crippen LogP contribution in [0.5, 0.6) is 0 Å². The van der Waals surface area contributed by atoms with Crippen molar-refractivity contribution in [1.82, 2.24) is 20.4 Å². The van der Waals surface area contributed by atoms with Gasteiger partial charge in [-0.25, -0.2) is 9.59 Å². The highest BCUT2D eigenvalue weighted by atomic mass is 16.5. The number of rotatable bonds is 14. The third-order valence-corrected chi connectivity index (χ3v) is 12.5. The van der Waals surface area contributed by atoms with Gasteiger partial charge in [0.05, 0.1) is 26.3 Å². The Labute approximate surface area is 376 Å². The van der Waals surface area contributed by atoms with E-state index in [9.17, 15) is 28.8 Å². The van der Waals surface area contributed by atoms with Crippen LogP contribution in [0.3, 0.4) is 0 Å². The number of anilines is 3. The van der Waals surface area contributed by atoms with Gasteiger partial charge in [-0.1, -0.05) is 84.0 Å². The fraction of sp³-hybridized carbons (Fsp3) is 0.469. The van der Waals surface area contributed by atoms with E-state index in [0.717, 1.165) is 29.7 Å². The number of hydrogen-bond donors (Lipinski definition) is 4. The summed E-state index contributed by atoms with van der Waals surface area (Å²) in [6.45, 7) is 12.4.